The smallest absolute Gasteiger partial charge is 0.0731 e. The van der Waals surface area contributed by atoms with Crippen LogP contribution < -0.4 is 0 Å². The van der Waals surface area contributed by atoms with Gasteiger partial charge in [-0.25, -0.2) is 0 Å². The summed E-state index contributed by atoms with van der Waals surface area (Å²) in [5, 5.41) is 11.6. The van der Waals surface area contributed by atoms with Gasteiger partial charge in [-0.1, -0.05) is 83.1 Å². The Kier molecular flexibility index (Phi) is 3.69. The Labute approximate surface area is 133 Å². The van der Waals surface area contributed by atoms with Gasteiger partial charge in [0.1, 0.15) is 0 Å². The van der Waals surface area contributed by atoms with E-state index in [1.807, 2.05) is 0 Å². The van der Waals surface area contributed by atoms with E-state index in [-0.39, 0.29) is 32.5 Å². The van der Waals surface area contributed by atoms with E-state index < -0.39 is 5.60 Å². The average molecular weight is 297 g/mol. The first-order chi connectivity index (χ1) is 8.75. The molecule has 0 amide bonds. The maximum absolute atomic E-state index is 11.6. The van der Waals surface area contributed by atoms with E-state index in [0.29, 0.717) is 0 Å². The minimum absolute atomic E-state index is 0.0131. The van der Waals surface area contributed by atoms with E-state index in [2.05, 4.69) is 90.0 Å². The highest BCUT2D eigenvalue weighted by atomic mass is 16.3. The highest BCUT2D eigenvalue weighted by Crippen LogP contribution is 2.78. The normalized spacial score (nSPS) is 40.9. The van der Waals surface area contributed by atoms with Crippen molar-refractivity contribution >= 4 is 0 Å². The molecule has 1 N–H and O–H groups in total. The molecule has 1 aliphatic carbocycles. The lowest BCUT2D eigenvalue weighted by atomic mass is 9.27. The van der Waals surface area contributed by atoms with Crippen molar-refractivity contribution < 1.29 is 5.11 Å². The highest BCUT2D eigenvalue weighted by Gasteiger charge is 2.76. The van der Waals surface area contributed by atoms with Crippen LogP contribution in [-0.2, 0) is 0 Å². The van der Waals surface area contributed by atoms with Gasteiger partial charge in [-0.2, -0.15) is 0 Å². The summed E-state index contributed by atoms with van der Waals surface area (Å²) in [5.41, 5.74) is -0.936. The van der Waals surface area contributed by atoms with Crippen LogP contribution in [0.25, 0.3) is 0 Å². The lowest BCUT2D eigenvalue weighted by Crippen LogP contribution is -2.77. The van der Waals surface area contributed by atoms with Gasteiger partial charge in [0.15, 0.2) is 0 Å². The molecule has 21 heavy (non-hydrogen) atoms. The van der Waals surface area contributed by atoms with Gasteiger partial charge in [-0.05, 0) is 39.4 Å². The molecule has 0 aliphatic heterocycles. The Bertz CT molecular complexity index is 397. The van der Waals surface area contributed by atoms with Crippen LogP contribution in [0.15, 0.2) is 0 Å². The molecule has 0 bridgehead atoms. The Morgan fingerprint density at radius 3 is 0.952 bits per heavy atom. The predicted molar refractivity (Wildman–Crippen MR) is 93.3 cm³/mol. The van der Waals surface area contributed by atoms with Crippen LogP contribution in [0.3, 0.4) is 0 Å². The lowest BCUT2D eigenvalue weighted by molar-refractivity contribution is -0.344. The standard InChI is InChI=1S/C20H40O/c1-14(2,3)19(12)15(4,5)17(8,9)20(13,21)18(10,11)16(19,6)7/h21H,1-13H3. The van der Waals surface area contributed by atoms with E-state index in [4.69, 9.17) is 0 Å². The van der Waals surface area contributed by atoms with Gasteiger partial charge in [0, 0.05) is 0 Å². The van der Waals surface area contributed by atoms with Crippen LogP contribution in [0, 0.1) is 32.5 Å². The molecule has 0 spiro atoms. The van der Waals surface area contributed by atoms with E-state index in [9.17, 15) is 5.11 Å². The van der Waals surface area contributed by atoms with Crippen molar-refractivity contribution in [3.05, 3.63) is 0 Å². The molecule has 1 aliphatic rings. The van der Waals surface area contributed by atoms with Gasteiger partial charge in [-0.3, -0.25) is 0 Å². The monoisotopic (exact) mass is 296 g/mol. The third-order valence-corrected chi connectivity index (χ3v) is 9.56. The van der Waals surface area contributed by atoms with Gasteiger partial charge < -0.3 is 5.11 Å². The number of hydrogen-bond donors (Lipinski definition) is 1. The molecule has 0 aromatic rings. The molecular weight excluding hydrogens is 256 g/mol. The minimum atomic E-state index is -0.738. The van der Waals surface area contributed by atoms with Crippen molar-refractivity contribution in [3.63, 3.8) is 0 Å². The van der Waals surface area contributed by atoms with Crippen LogP contribution in [-0.4, -0.2) is 10.7 Å². The highest BCUT2D eigenvalue weighted by molar-refractivity contribution is 5.24. The summed E-state index contributed by atoms with van der Waals surface area (Å²) in [6.45, 7) is 30.1. The van der Waals surface area contributed by atoms with Crippen molar-refractivity contribution in [1.82, 2.24) is 0 Å². The molecule has 1 nitrogen and oxygen atoms in total. The third kappa shape index (κ3) is 1.62. The number of hydrogen-bond acceptors (Lipinski definition) is 1. The van der Waals surface area contributed by atoms with Crippen molar-refractivity contribution in [1.29, 1.82) is 0 Å². The summed E-state index contributed by atoms with van der Waals surface area (Å²) < 4.78 is 0. The van der Waals surface area contributed by atoms with Crippen molar-refractivity contribution in [2.24, 2.45) is 32.5 Å². The summed E-state index contributed by atoms with van der Waals surface area (Å²) in [6.07, 6.45) is 0. The molecule has 0 heterocycles. The third-order valence-electron chi connectivity index (χ3n) is 9.56. The molecule has 1 heteroatoms. The summed E-state index contributed by atoms with van der Waals surface area (Å²) in [7, 11) is 0. The first-order valence-corrected chi connectivity index (χ1v) is 8.47. The van der Waals surface area contributed by atoms with Gasteiger partial charge in [0.05, 0.1) is 5.60 Å². The maximum atomic E-state index is 11.6. The molecule has 0 aromatic heterocycles. The fourth-order valence-electron chi connectivity index (χ4n) is 5.90. The van der Waals surface area contributed by atoms with Crippen LogP contribution in [0.4, 0.5) is 0 Å². The molecule has 1 saturated carbocycles. The molecule has 1 rings (SSSR count). The van der Waals surface area contributed by atoms with Crippen molar-refractivity contribution in [2.45, 2.75) is 95.6 Å². The second kappa shape index (κ2) is 4.08. The Hall–Kier alpha value is -0.0400. The Balaban J connectivity index is 3.93. The van der Waals surface area contributed by atoms with Gasteiger partial charge in [0.25, 0.3) is 0 Å². The summed E-state index contributed by atoms with van der Waals surface area (Å²) >= 11 is 0. The van der Waals surface area contributed by atoms with Gasteiger partial charge in [-0.15, -0.1) is 0 Å². The molecule has 0 radical (unpaired) electrons. The summed E-state index contributed by atoms with van der Waals surface area (Å²) in [5.74, 6) is 0. The zero-order valence-electron chi connectivity index (χ0n) is 16.9. The fraction of sp³-hybridized carbons (Fsp3) is 1.00. The average Bonchev–Trinajstić information content (AvgIpc) is 2.23. The molecule has 0 aromatic carbocycles. The van der Waals surface area contributed by atoms with Crippen molar-refractivity contribution in [3.8, 4) is 0 Å². The number of rotatable bonds is 0. The molecule has 126 valence electrons. The SMILES string of the molecule is CC(C)(C)C1(C)C(C)(C)C(C)(C)C(C)(O)C(C)(C)C1(C)C. The molecular formula is C20H40O. The summed E-state index contributed by atoms with van der Waals surface area (Å²) in [4.78, 5) is 0. The Morgan fingerprint density at radius 1 is 0.524 bits per heavy atom. The summed E-state index contributed by atoms with van der Waals surface area (Å²) in [6, 6.07) is 0. The van der Waals surface area contributed by atoms with Crippen LogP contribution in [0.5, 0.6) is 0 Å². The zero-order valence-corrected chi connectivity index (χ0v) is 16.9. The van der Waals surface area contributed by atoms with Crippen LogP contribution in [0.1, 0.15) is 90.0 Å². The quantitative estimate of drug-likeness (QED) is 0.589. The second-order valence-electron chi connectivity index (χ2n) is 10.9. The lowest BCUT2D eigenvalue weighted by Gasteiger charge is -2.78. The van der Waals surface area contributed by atoms with E-state index in [1.54, 1.807) is 0 Å². The maximum Gasteiger partial charge on any atom is 0.0731 e. The van der Waals surface area contributed by atoms with Crippen LogP contribution >= 0.6 is 0 Å². The first kappa shape index (κ1) is 19.0. The topological polar surface area (TPSA) is 20.2 Å². The fourth-order valence-corrected chi connectivity index (χ4v) is 5.90. The second-order valence-corrected chi connectivity index (χ2v) is 10.9. The van der Waals surface area contributed by atoms with E-state index >= 15 is 0 Å². The predicted octanol–water partition coefficient (Wildman–Crippen LogP) is 5.91. The zero-order chi connectivity index (χ0) is 17.5. The van der Waals surface area contributed by atoms with E-state index in [0.717, 1.165) is 0 Å². The molecule has 0 saturated heterocycles. The molecule has 1 fully saturated rings. The minimum Gasteiger partial charge on any atom is -0.389 e. The largest absolute Gasteiger partial charge is 0.389 e. The van der Waals surface area contributed by atoms with Gasteiger partial charge >= 0.3 is 0 Å². The van der Waals surface area contributed by atoms with Crippen molar-refractivity contribution in [2.75, 3.05) is 0 Å². The van der Waals surface area contributed by atoms with Gasteiger partial charge in [0.2, 0.25) is 0 Å². The van der Waals surface area contributed by atoms with E-state index in [1.165, 1.54) is 0 Å². The Morgan fingerprint density at radius 2 is 0.762 bits per heavy atom. The molecule has 0 unspecified atom stereocenters. The molecule has 0 atom stereocenters. The first-order valence-electron chi connectivity index (χ1n) is 8.47. The number of aliphatic hydroxyl groups is 1. The van der Waals surface area contributed by atoms with Crippen LogP contribution in [0.2, 0.25) is 0 Å².